The van der Waals surface area contributed by atoms with Gasteiger partial charge in [0, 0.05) is 22.2 Å². The SMILES string of the molecule is COc1cc([N+](=O)[O-])cc(/C=C(/Sc2nnc(-c3ccc(Cl)cc3)o2)C(=O)O)c1O. The molecular formula is C18H12ClN3O7S. The predicted molar refractivity (Wildman–Crippen MR) is 108 cm³/mol. The van der Waals surface area contributed by atoms with E-state index in [1.165, 1.54) is 7.11 Å². The smallest absolute Gasteiger partial charge is 0.342 e. The van der Waals surface area contributed by atoms with E-state index in [4.69, 9.17) is 20.8 Å². The third kappa shape index (κ3) is 4.70. The second kappa shape index (κ2) is 8.84. The van der Waals surface area contributed by atoms with Crippen LogP contribution in [0.4, 0.5) is 5.69 Å². The molecule has 0 aliphatic heterocycles. The van der Waals surface area contributed by atoms with Gasteiger partial charge < -0.3 is 19.4 Å². The monoisotopic (exact) mass is 449 g/mol. The number of non-ortho nitro benzene ring substituents is 1. The maximum atomic E-state index is 11.7. The Morgan fingerprint density at radius 2 is 2.00 bits per heavy atom. The number of ether oxygens (including phenoxy) is 1. The highest BCUT2D eigenvalue weighted by atomic mass is 35.5. The number of aliphatic carboxylic acids is 1. The van der Waals surface area contributed by atoms with Crippen molar-refractivity contribution in [3.63, 3.8) is 0 Å². The van der Waals surface area contributed by atoms with Gasteiger partial charge in [0.15, 0.2) is 11.5 Å². The molecule has 12 heteroatoms. The number of phenols is 1. The molecule has 0 saturated carbocycles. The van der Waals surface area contributed by atoms with Gasteiger partial charge in [0.05, 0.1) is 18.1 Å². The normalized spacial score (nSPS) is 11.3. The summed E-state index contributed by atoms with van der Waals surface area (Å²) in [7, 11) is 1.22. The second-order valence-corrected chi connectivity index (χ2v) is 7.07. The molecule has 2 aromatic carbocycles. The topological polar surface area (TPSA) is 149 Å². The maximum Gasteiger partial charge on any atom is 0.342 e. The van der Waals surface area contributed by atoms with E-state index in [2.05, 4.69) is 10.2 Å². The highest BCUT2D eigenvalue weighted by molar-refractivity contribution is 8.03. The van der Waals surface area contributed by atoms with Gasteiger partial charge in [-0.25, -0.2) is 4.79 Å². The molecule has 0 amide bonds. The summed E-state index contributed by atoms with van der Waals surface area (Å²) < 4.78 is 10.4. The van der Waals surface area contributed by atoms with Crippen LogP contribution in [0.1, 0.15) is 5.56 Å². The lowest BCUT2D eigenvalue weighted by Crippen LogP contribution is -1.98. The van der Waals surface area contributed by atoms with Crippen LogP contribution in [0.15, 0.2) is 50.9 Å². The molecule has 1 heterocycles. The molecule has 0 fully saturated rings. The summed E-state index contributed by atoms with van der Waals surface area (Å²) in [5.41, 5.74) is 0.0810. The average Bonchev–Trinajstić information content (AvgIpc) is 3.17. The number of carboxylic acid groups (broad SMARTS) is 1. The highest BCUT2D eigenvalue weighted by Crippen LogP contribution is 2.38. The van der Waals surface area contributed by atoms with Crippen molar-refractivity contribution in [2.24, 2.45) is 0 Å². The lowest BCUT2D eigenvalue weighted by atomic mass is 10.1. The first-order valence-corrected chi connectivity index (χ1v) is 9.25. The summed E-state index contributed by atoms with van der Waals surface area (Å²) in [6, 6.07) is 8.63. The summed E-state index contributed by atoms with van der Waals surface area (Å²) >= 11 is 6.46. The molecule has 0 radical (unpaired) electrons. The van der Waals surface area contributed by atoms with Crippen molar-refractivity contribution in [3.05, 3.63) is 62.0 Å². The van der Waals surface area contributed by atoms with E-state index in [1.54, 1.807) is 24.3 Å². The lowest BCUT2D eigenvalue weighted by molar-refractivity contribution is -0.385. The van der Waals surface area contributed by atoms with Crippen LogP contribution < -0.4 is 4.74 Å². The van der Waals surface area contributed by atoms with Gasteiger partial charge in [-0.2, -0.15) is 0 Å². The Hall–Kier alpha value is -3.57. The number of benzene rings is 2. The summed E-state index contributed by atoms with van der Waals surface area (Å²) in [5.74, 6) is -1.84. The number of methoxy groups -OCH3 is 1. The number of carboxylic acids is 1. The van der Waals surface area contributed by atoms with Crippen molar-refractivity contribution in [3.8, 4) is 23.0 Å². The van der Waals surface area contributed by atoms with Crippen LogP contribution in [0, 0.1) is 10.1 Å². The zero-order valence-electron chi connectivity index (χ0n) is 15.1. The zero-order chi connectivity index (χ0) is 21.8. The van der Waals surface area contributed by atoms with Gasteiger partial charge in [-0.3, -0.25) is 10.1 Å². The predicted octanol–water partition coefficient (Wildman–Crippen LogP) is 4.23. The van der Waals surface area contributed by atoms with Crippen LogP contribution in [0.25, 0.3) is 17.5 Å². The van der Waals surface area contributed by atoms with E-state index in [0.29, 0.717) is 22.3 Å². The fourth-order valence-electron chi connectivity index (χ4n) is 2.32. The number of aromatic hydroxyl groups is 1. The van der Waals surface area contributed by atoms with Gasteiger partial charge in [-0.05, 0) is 42.1 Å². The minimum Gasteiger partial charge on any atom is -0.504 e. The standard InChI is InChI=1S/C18H12ClN3O7S/c1-28-13-8-12(22(26)27)6-10(15(13)23)7-14(17(24)25)30-18-21-20-16(29-18)9-2-4-11(19)5-3-9/h2-8,23H,1H3,(H,24,25)/b14-7+. The first kappa shape index (κ1) is 21.1. The van der Waals surface area contributed by atoms with Crippen molar-refractivity contribution in [2.75, 3.05) is 7.11 Å². The quantitative estimate of drug-likeness (QED) is 0.232. The molecule has 10 nitrogen and oxygen atoms in total. The average molecular weight is 450 g/mol. The number of aromatic nitrogens is 2. The Balaban J connectivity index is 1.95. The lowest BCUT2D eigenvalue weighted by Gasteiger charge is -2.07. The molecule has 1 aromatic heterocycles. The Morgan fingerprint density at radius 3 is 2.60 bits per heavy atom. The number of phenolic OH excluding ortho intramolecular Hbond substituents is 1. The number of halogens is 1. The van der Waals surface area contributed by atoms with Gasteiger partial charge in [0.2, 0.25) is 5.89 Å². The molecular weight excluding hydrogens is 438 g/mol. The van der Waals surface area contributed by atoms with Crippen LogP contribution in [0.2, 0.25) is 5.02 Å². The number of nitrogens with zero attached hydrogens (tertiary/aromatic N) is 3. The third-order valence-corrected chi connectivity index (χ3v) is 4.82. The van der Waals surface area contributed by atoms with Gasteiger partial charge >= 0.3 is 5.97 Å². The number of carbonyl (C=O) groups is 1. The zero-order valence-corrected chi connectivity index (χ0v) is 16.7. The molecule has 3 aromatic rings. The Morgan fingerprint density at radius 1 is 1.30 bits per heavy atom. The number of hydrogen-bond donors (Lipinski definition) is 2. The van der Waals surface area contributed by atoms with Crippen LogP contribution in [0.5, 0.6) is 11.5 Å². The van der Waals surface area contributed by atoms with Gasteiger partial charge in [-0.15, -0.1) is 10.2 Å². The fourth-order valence-corrected chi connectivity index (χ4v) is 3.11. The maximum absolute atomic E-state index is 11.7. The highest BCUT2D eigenvalue weighted by Gasteiger charge is 2.20. The van der Waals surface area contributed by atoms with Gasteiger partial charge in [0.25, 0.3) is 10.9 Å². The molecule has 0 aliphatic carbocycles. The molecule has 0 atom stereocenters. The van der Waals surface area contributed by atoms with E-state index in [-0.39, 0.29) is 33.0 Å². The molecule has 0 aliphatic rings. The molecule has 30 heavy (non-hydrogen) atoms. The molecule has 3 rings (SSSR count). The number of nitro benzene ring substituents is 1. The minimum absolute atomic E-state index is 0.0783. The number of hydrogen-bond acceptors (Lipinski definition) is 9. The van der Waals surface area contributed by atoms with Crippen LogP contribution in [0.3, 0.4) is 0 Å². The third-order valence-electron chi connectivity index (χ3n) is 3.71. The Kier molecular flexibility index (Phi) is 6.23. The van der Waals surface area contributed by atoms with Crippen LogP contribution >= 0.6 is 23.4 Å². The summed E-state index contributed by atoms with van der Waals surface area (Å²) in [4.78, 5) is 21.7. The first-order valence-electron chi connectivity index (χ1n) is 8.06. The molecule has 154 valence electrons. The van der Waals surface area contributed by atoms with E-state index in [9.17, 15) is 25.1 Å². The van der Waals surface area contributed by atoms with Crippen molar-refractivity contribution in [2.45, 2.75) is 5.22 Å². The van der Waals surface area contributed by atoms with Gasteiger partial charge in [-0.1, -0.05) is 11.6 Å². The van der Waals surface area contributed by atoms with E-state index in [0.717, 1.165) is 18.2 Å². The fraction of sp³-hybridized carbons (Fsp3) is 0.0556. The number of rotatable bonds is 7. The Labute approximate surface area is 177 Å². The minimum atomic E-state index is -1.36. The van der Waals surface area contributed by atoms with E-state index >= 15 is 0 Å². The van der Waals surface area contributed by atoms with Crippen molar-refractivity contribution < 1.29 is 29.1 Å². The van der Waals surface area contributed by atoms with Crippen molar-refractivity contribution in [1.29, 1.82) is 0 Å². The largest absolute Gasteiger partial charge is 0.504 e. The molecule has 0 bridgehead atoms. The number of nitro groups is 1. The van der Waals surface area contributed by atoms with Crippen molar-refractivity contribution >= 4 is 41.1 Å². The van der Waals surface area contributed by atoms with Crippen LogP contribution in [-0.4, -0.2) is 38.4 Å². The summed E-state index contributed by atoms with van der Waals surface area (Å²) in [6.07, 6.45) is 1.05. The Bertz CT molecular complexity index is 1150. The molecule has 0 saturated heterocycles. The summed E-state index contributed by atoms with van der Waals surface area (Å²) in [5, 5.41) is 38.9. The molecule has 0 spiro atoms. The summed E-state index contributed by atoms with van der Waals surface area (Å²) in [6.45, 7) is 0. The first-order chi connectivity index (χ1) is 14.3. The molecule has 0 unspecified atom stereocenters. The number of thioether (sulfide) groups is 1. The van der Waals surface area contributed by atoms with Crippen molar-refractivity contribution in [1.82, 2.24) is 10.2 Å². The van der Waals surface area contributed by atoms with Gasteiger partial charge in [0.1, 0.15) is 4.91 Å². The molecule has 2 N–H and O–H groups in total. The second-order valence-electron chi connectivity index (χ2n) is 5.64. The van der Waals surface area contributed by atoms with E-state index in [1.807, 2.05) is 0 Å². The van der Waals surface area contributed by atoms with Crippen LogP contribution in [-0.2, 0) is 4.79 Å². The van der Waals surface area contributed by atoms with E-state index < -0.39 is 16.6 Å².